The van der Waals surface area contributed by atoms with Gasteiger partial charge in [-0.05, 0) is 17.7 Å². The number of amides is 1. The molecule has 7 nitrogen and oxygen atoms in total. The van der Waals surface area contributed by atoms with Crippen molar-refractivity contribution in [1.82, 2.24) is 5.43 Å². The lowest BCUT2D eigenvalue weighted by atomic mass is 10.1. The van der Waals surface area contributed by atoms with Gasteiger partial charge in [0.2, 0.25) is 11.0 Å². The lowest BCUT2D eigenvalue weighted by Crippen LogP contribution is -2.19. The van der Waals surface area contributed by atoms with Crippen molar-refractivity contribution >= 4 is 22.2 Å². The largest absolute Gasteiger partial charge is 0.742 e. The Morgan fingerprint density at radius 1 is 1.24 bits per heavy atom. The molecule has 0 saturated heterocycles. The highest BCUT2D eigenvalue weighted by molar-refractivity contribution is 7.85. The Hall–Kier alpha value is -2.45. The molecule has 110 valence electrons. The average Bonchev–Trinajstić information content (AvgIpc) is 2.88. The second kappa shape index (κ2) is 6.33. The molecule has 1 N–H and O–H groups in total. The number of hydrogen-bond donors (Lipinski definition) is 1. The summed E-state index contributed by atoms with van der Waals surface area (Å²) in [5.41, 5.74) is 3.11. The van der Waals surface area contributed by atoms with Gasteiger partial charge >= 0.3 is 0 Å². The summed E-state index contributed by atoms with van der Waals surface area (Å²) in [4.78, 5) is 11.6. The van der Waals surface area contributed by atoms with Gasteiger partial charge in [0, 0.05) is 0 Å². The van der Waals surface area contributed by atoms with Crippen LogP contribution in [0, 0.1) is 0 Å². The van der Waals surface area contributed by atoms with Crippen LogP contribution in [0.15, 0.2) is 57.1 Å². The van der Waals surface area contributed by atoms with E-state index >= 15 is 0 Å². The van der Waals surface area contributed by atoms with E-state index in [0.717, 1.165) is 17.8 Å². The molecule has 1 heterocycles. The predicted molar refractivity (Wildman–Crippen MR) is 72.6 cm³/mol. The maximum absolute atomic E-state index is 11.6. The SMILES string of the molecule is O=C(Cc1ccccc1)N/N=C\c1ccc(S(=O)(=O)[O-])o1. The van der Waals surface area contributed by atoms with Crippen LogP contribution < -0.4 is 5.43 Å². The van der Waals surface area contributed by atoms with Gasteiger partial charge in [0.05, 0.1) is 12.6 Å². The van der Waals surface area contributed by atoms with Gasteiger partial charge < -0.3 is 8.97 Å². The van der Waals surface area contributed by atoms with Crippen LogP contribution in [0.1, 0.15) is 11.3 Å². The zero-order valence-corrected chi connectivity index (χ0v) is 11.5. The predicted octanol–water partition coefficient (Wildman–Crippen LogP) is 0.876. The quantitative estimate of drug-likeness (QED) is 0.500. The van der Waals surface area contributed by atoms with Crippen LogP contribution in [0.4, 0.5) is 0 Å². The fourth-order valence-electron chi connectivity index (χ4n) is 1.53. The van der Waals surface area contributed by atoms with E-state index in [2.05, 4.69) is 10.5 Å². The van der Waals surface area contributed by atoms with Crippen LogP contribution in [-0.4, -0.2) is 25.1 Å². The molecule has 0 fully saturated rings. The molecule has 1 aromatic carbocycles. The second-order valence-electron chi connectivity index (χ2n) is 4.07. The van der Waals surface area contributed by atoms with Crippen LogP contribution in [0.3, 0.4) is 0 Å². The van der Waals surface area contributed by atoms with Gasteiger partial charge in [0.25, 0.3) is 0 Å². The zero-order valence-electron chi connectivity index (χ0n) is 10.7. The van der Waals surface area contributed by atoms with E-state index in [1.165, 1.54) is 6.07 Å². The Labute approximate surface area is 121 Å². The Balaban J connectivity index is 1.90. The highest BCUT2D eigenvalue weighted by Crippen LogP contribution is 2.11. The van der Waals surface area contributed by atoms with E-state index in [0.29, 0.717) is 0 Å². The van der Waals surface area contributed by atoms with Gasteiger partial charge in [-0.1, -0.05) is 30.3 Å². The number of hydrogen-bond acceptors (Lipinski definition) is 6. The van der Waals surface area contributed by atoms with Crippen molar-refractivity contribution in [3.63, 3.8) is 0 Å². The Morgan fingerprint density at radius 2 is 1.95 bits per heavy atom. The maximum Gasteiger partial charge on any atom is 0.244 e. The molecule has 21 heavy (non-hydrogen) atoms. The third kappa shape index (κ3) is 4.55. The number of carbonyl (C=O) groups is 1. The minimum Gasteiger partial charge on any atom is -0.742 e. The average molecular weight is 307 g/mol. The molecular formula is C13H11N2O5S-. The van der Waals surface area contributed by atoms with Gasteiger partial charge in [0.15, 0.2) is 10.1 Å². The Kier molecular flexibility index (Phi) is 4.51. The highest BCUT2D eigenvalue weighted by atomic mass is 32.2. The molecular weight excluding hydrogens is 296 g/mol. The molecule has 0 aliphatic heterocycles. The summed E-state index contributed by atoms with van der Waals surface area (Å²) in [6.07, 6.45) is 1.27. The molecule has 0 unspecified atom stereocenters. The first-order valence-electron chi connectivity index (χ1n) is 5.87. The van der Waals surface area contributed by atoms with E-state index in [9.17, 15) is 17.8 Å². The van der Waals surface area contributed by atoms with Crippen LogP contribution in [0.25, 0.3) is 0 Å². The monoisotopic (exact) mass is 307 g/mol. The molecule has 0 aliphatic carbocycles. The maximum atomic E-state index is 11.6. The normalized spacial score (nSPS) is 11.7. The summed E-state index contributed by atoms with van der Waals surface area (Å²) in [6, 6.07) is 11.4. The second-order valence-corrected chi connectivity index (χ2v) is 5.38. The molecule has 0 atom stereocenters. The lowest BCUT2D eigenvalue weighted by molar-refractivity contribution is -0.120. The number of nitrogens with zero attached hydrogens (tertiary/aromatic N) is 1. The van der Waals surface area contributed by atoms with E-state index in [4.69, 9.17) is 4.42 Å². The van der Waals surface area contributed by atoms with Crippen molar-refractivity contribution in [1.29, 1.82) is 0 Å². The molecule has 2 rings (SSSR count). The minimum atomic E-state index is -4.63. The first kappa shape index (κ1) is 14.9. The third-order valence-electron chi connectivity index (χ3n) is 2.44. The molecule has 8 heteroatoms. The summed E-state index contributed by atoms with van der Waals surface area (Å²) in [5.74, 6) is -0.287. The van der Waals surface area contributed by atoms with Gasteiger partial charge in [-0.2, -0.15) is 5.10 Å². The van der Waals surface area contributed by atoms with Gasteiger partial charge in [0.1, 0.15) is 5.76 Å². The van der Waals surface area contributed by atoms with Crippen molar-refractivity contribution in [3.05, 3.63) is 53.8 Å². The van der Waals surface area contributed by atoms with Crippen LogP contribution >= 0.6 is 0 Å². The Bertz CT molecular complexity index is 750. The number of furan rings is 1. The smallest absolute Gasteiger partial charge is 0.244 e. The molecule has 2 aromatic rings. The van der Waals surface area contributed by atoms with Crippen molar-refractivity contribution in [2.45, 2.75) is 11.5 Å². The van der Waals surface area contributed by atoms with E-state index < -0.39 is 15.2 Å². The van der Waals surface area contributed by atoms with Crippen LogP contribution in [0.2, 0.25) is 0 Å². The summed E-state index contributed by atoms with van der Waals surface area (Å²) in [6.45, 7) is 0. The van der Waals surface area contributed by atoms with Crippen LogP contribution in [0.5, 0.6) is 0 Å². The molecule has 1 amide bonds. The molecule has 0 saturated carbocycles. The lowest BCUT2D eigenvalue weighted by Gasteiger charge is -2.00. The van der Waals surface area contributed by atoms with Crippen molar-refractivity contribution in [2.75, 3.05) is 0 Å². The topological polar surface area (TPSA) is 112 Å². The van der Waals surface area contributed by atoms with Gasteiger partial charge in [-0.25, -0.2) is 13.8 Å². The number of benzene rings is 1. The van der Waals surface area contributed by atoms with E-state index in [-0.39, 0.29) is 18.1 Å². The molecule has 0 aliphatic rings. The standard InChI is InChI=1S/C13H12N2O5S/c16-12(8-10-4-2-1-3-5-10)15-14-9-11-6-7-13(20-11)21(17,18)19/h1-7,9H,8H2,(H,15,16)(H,17,18,19)/p-1/b14-9-. The van der Waals surface area contributed by atoms with E-state index in [1.807, 2.05) is 18.2 Å². The van der Waals surface area contributed by atoms with Crippen molar-refractivity contribution in [2.24, 2.45) is 5.10 Å². The fourth-order valence-corrected chi connectivity index (χ4v) is 1.96. The summed E-state index contributed by atoms with van der Waals surface area (Å²) in [5, 5.41) is 2.92. The first-order chi connectivity index (χ1) is 9.95. The minimum absolute atomic E-state index is 0.0458. The molecule has 0 bridgehead atoms. The molecule has 0 spiro atoms. The highest BCUT2D eigenvalue weighted by Gasteiger charge is 2.06. The van der Waals surface area contributed by atoms with Crippen LogP contribution in [-0.2, 0) is 21.3 Å². The van der Waals surface area contributed by atoms with Gasteiger partial charge in [-0.15, -0.1) is 0 Å². The molecule has 0 radical (unpaired) electrons. The summed E-state index contributed by atoms with van der Waals surface area (Å²) >= 11 is 0. The summed E-state index contributed by atoms with van der Waals surface area (Å²) < 4.78 is 36.8. The molecule has 1 aromatic heterocycles. The number of rotatable bonds is 5. The first-order valence-corrected chi connectivity index (χ1v) is 7.27. The third-order valence-corrected chi connectivity index (χ3v) is 3.15. The Morgan fingerprint density at radius 3 is 2.57 bits per heavy atom. The number of nitrogens with one attached hydrogen (secondary N) is 1. The summed E-state index contributed by atoms with van der Waals surface area (Å²) in [7, 11) is -4.63. The van der Waals surface area contributed by atoms with Crippen molar-refractivity contribution in [3.8, 4) is 0 Å². The van der Waals surface area contributed by atoms with Crippen molar-refractivity contribution < 1.29 is 22.2 Å². The fraction of sp³-hybridized carbons (Fsp3) is 0.0769. The van der Waals surface area contributed by atoms with Gasteiger partial charge in [-0.3, -0.25) is 4.79 Å². The van der Waals surface area contributed by atoms with E-state index in [1.54, 1.807) is 12.1 Å². The number of hydrazone groups is 1. The number of carbonyl (C=O) groups excluding carboxylic acids is 1. The zero-order chi connectivity index (χ0) is 15.3.